The zero-order valence-electron chi connectivity index (χ0n) is 8.09. The maximum absolute atomic E-state index is 5.77. The Kier molecular flexibility index (Phi) is 2.38. The Balaban J connectivity index is 2.51. The van der Waals surface area contributed by atoms with Gasteiger partial charge in [0.05, 0.1) is 24.8 Å². The van der Waals surface area contributed by atoms with Gasteiger partial charge in [-0.1, -0.05) is 5.92 Å². The van der Waals surface area contributed by atoms with Gasteiger partial charge in [-0.25, -0.2) is 9.97 Å². The van der Waals surface area contributed by atoms with Gasteiger partial charge in [-0.3, -0.25) is 0 Å². The zero-order chi connectivity index (χ0) is 10.7. The van der Waals surface area contributed by atoms with E-state index in [0.29, 0.717) is 12.4 Å². The second kappa shape index (κ2) is 3.84. The minimum Gasteiger partial charge on any atom is -0.383 e. The fourth-order valence-corrected chi connectivity index (χ4v) is 1.40. The summed E-state index contributed by atoms with van der Waals surface area (Å²) in [7, 11) is 0. The topological polar surface area (TPSA) is 56.7 Å². The van der Waals surface area contributed by atoms with Gasteiger partial charge in [0.2, 0.25) is 0 Å². The van der Waals surface area contributed by atoms with Gasteiger partial charge < -0.3 is 10.3 Å². The Morgan fingerprint density at radius 2 is 2.40 bits per heavy atom. The molecule has 2 rings (SSSR count). The largest absolute Gasteiger partial charge is 0.383 e. The number of imidazole rings is 1. The van der Waals surface area contributed by atoms with Crippen LogP contribution >= 0.6 is 0 Å². The van der Waals surface area contributed by atoms with Crippen molar-refractivity contribution >= 4 is 5.82 Å². The number of nitrogens with zero attached hydrogens (tertiary/aromatic N) is 3. The fourth-order valence-electron chi connectivity index (χ4n) is 1.40. The van der Waals surface area contributed by atoms with E-state index in [4.69, 9.17) is 12.2 Å². The molecule has 2 N–H and O–H groups in total. The first-order chi connectivity index (χ1) is 7.33. The van der Waals surface area contributed by atoms with E-state index in [-0.39, 0.29) is 0 Å². The summed E-state index contributed by atoms with van der Waals surface area (Å²) in [5.74, 6) is 3.04. The van der Waals surface area contributed by atoms with Gasteiger partial charge in [0, 0.05) is 11.8 Å². The number of aromatic nitrogens is 3. The van der Waals surface area contributed by atoms with Gasteiger partial charge in [0.1, 0.15) is 5.82 Å². The third-order valence-electron chi connectivity index (χ3n) is 2.09. The summed E-state index contributed by atoms with van der Waals surface area (Å²) in [6.45, 7) is 0.476. The molecule has 2 aromatic heterocycles. The normalized spacial score (nSPS) is 9.80. The van der Waals surface area contributed by atoms with E-state index in [1.807, 2.05) is 16.7 Å². The van der Waals surface area contributed by atoms with E-state index in [2.05, 4.69) is 15.9 Å². The SMILES string of the molecule is C#CCn1cncc1-c1cccnc1N. The van der Waals surface area contributed by atoms with Crippen molar-refractivity contribution in [3.8, 4) is 23.6 Å². The van der Waals surface area contributed by atoms with Gasteiger partial charge >= 0.3 is 0 Å². The molecule has 0 aromatic carbocycles. The molecular weight excluding hydrogens is 188 g/mol. The summed E-state index contributed by atoms with van der Waals surface area (Å²) >= 11 is 0. The molecule has 4 heteroatoms. The molecule has 0 spiro atoms. The monoisotopic (exact) mass is 198 g/mol. The summed E-state index contributed by atoms with van der Waals surface area (Å²) in [4.78, 5) is 8.06. The lowest BCUT2D eigenvalue weighted by Crippen LogP contribution is -1.99. The van der Waals surface area contributed by atoms with Crippen molar-refractivity contribution in [2.24, 2.45) is 0 Å². The van der Waals surface area contributed by atoms with Crippen LogP contribution in [0.15, 0.2) is 30.9 Å². The fraction of sp³-hybridized carbons (Fsp3) is 0.0909. The van der Waals surface area contributed by atoms with Crippen molar-refractivity contribution in [2.45, 2.75) is 6.54 Å². The van der Waals surface area contributed by atoms with Gasteiger partial charge in [0.25, 0.3) is 0 Å². The third kappa shape index (κ3) is 1.67. The summed E-state index contributed by atoms with van der Waals surface area (Å²) in [6.07, 6.45) is 10.3. The van der Waals surface area contributed by atoms with Crippen molar-refractivity contribution in [1.29, 1.82) is 0 Å². The van der Waals surface area contributed by atoms with E-state index in [1.54, 1.807) is 18.7 Å². The Hall–Kier alpha value is -2.28. The highest BCUT2D eigenvalue weighted by molar-refractivity contribution is 5.70. The molecule has 0 saturated heterocycles. The first-order valence-electron chi connectivity index (χ1n) is 4.47. The number of anilines is 1. The highest BCUT2D eigenvalue weighted by atomic mass is 15.0. The number of terminal acetylenes is 1. The van der Waals surface area contributed by atoms with Crippen molar-refractivity contribution < 1.29 is 0 Å². The number of hydrogen-bond donors (Lipinski definition) is 1. The first-order valence-corrected chi connectivity index (χ1v) is 4.47. The van der Waals surface area contributed by atoms with E-state index < -0.39 is 0 Å². The van der Waals surface area contributed by atoms with E-state index in [1.165, 1.54) is 0 Å². The summed E-state index contributed by atoms with van der Waals surface area (Å²) in [5.41, 5.74) is 7.51. The summed E-state index contributed by atoms with van der Waals surface area (Å²) in [5, 5.41) is 0. The standard InChI is InChI=1S/C11H10N4/c1-2-6-15-8-13-7-10(15)9-4-3-5-14-11(9)12/h1,3-5,7-8H,6H2,(H2,12,14). The molecule has 0 aliphatic rings. The number of pyridine rings is 1. The predicted molar refractivity (Wildman–Crippen MR) is 58.7 cm³/mol. The molecule has 0 aliphatic heterocycles. The van der Waals surface area contributed by atoms with Crippen LogP contribution in [-0.4, -0.2) is 14.5 Å². The van der Waals surface area contributed by atoms with E-state index in [9.17, 15) is 0 Å². The lowest BCUT2D eigenvalue weighted by molar-refractivity contribution is 0.848. The maximum Gasteiger partial charge on any atom is 0.132 e. The Morgan fingerprint density at radius 1 is 1.53 bits per heavy atom. The molecule has 0 amide bonds. The molecule has 0 atom stereocenters. The molecular formula is C11H10N4. The molecule has 0 radical (unpaired) electrons. The van der Waals surface area contributed by atoms with Crippen LogP contribution < -0.4 is 5.73 Å². The summed E-state index contributed by atoms with van der Waals surface area (Å²) < 4.78 is 1.85. The molecule has 0 fully saturated rings. The van der Waals surface area contributed by atoms with Crippen LogP contribution in [0, 0.1) is 12.3 Å². The minimum absolute atomic E-state index is 0.476. The molecule has 74 valence electrons. The highest BCUT2D eigenvalue weighted by Gasteiger charge is 2.07. The molecule has 2 aromatic rings. The first kappa shape index (κ1) is 9.28. The molecule has 2 heterocycles. The Labute approximate surface area is 87.8 Å². The van der Waals surface area contributed by atoms with Crippen LogP contribution in [-0.2, 0) is 6.54 Å². The predicted octanol–water partition coefficient (Wildman–Crippen LogP) is 1.16. The second-order valence-electron chi connectivity index (χ2n) is 3.05. The van der Waals surface area contributed by atoms with Crippen LogP contribution in [0.1, 0.15) is 0 Å². The average Bonchev–Trinajstić information content (AvgIpc) is 2.67. The lowest BCUT2D eigenvalue weighted by atomic mass is 10.2. The van der Waals surface area contributed by atoms with E-state index >= 15 is 0 Å². The Morgan fingerprint density at radius 3 is 3.13 bits per heavy atom. The smallest absolute Gasteiger partial charge is 0.132 e. The molecule has 15 heavy (non-hydrogen) atoms. The number of hydrogen-bond acceptors (Lipinski definition) is 3. The van der Waals surface area contributed by atoms with Crippen LogP contribution in [0.25, 0.3) is 11.3 Å². The van der Waals surface area contributed by atoms with Crippen molar-refractivity contribution in [3.63, 3.8) is 0 Å². The molecule has 0 aliphatic carbocycles. The summed E-state index contributed by atoms with van der Waals surface area (Å²) in [6, 6.07) is 3.73. The molecule has 0 unspecified atom stereocenters. The van der Waals surface area contributed by atoms with Crippen LogP contribution in [0.5, 0.6) is 0 Å². The molecule has 0 bridgehead atoms. The molecule has 0 saturated carbocycles. The maximum atomic E-state index is 5.77. The molecule has 4 nitrogen and oxygen atoms in total. The van der Waals surface area contributed by atoms with Gasteiger partial charge in [-0.15, -0.1) is 6.42 Å². The second-order valence-corrected chi connectivity index (χ2v) is 3.05. The van der Waals surface area contributed by atoms with E-state index in [0.717, 1.165) is 11.3 Å². The van der Waals surface area contributed by atoms with Gasteiger partial charge in [-0.2, -0.15) is 0 Å². The minimum atomic E-state index is 0.476. The van der Waals surface area contributed by atoms with Gasteiger partial charge in [-0.05, 0) is 12.1 Å². The number of nitrogen functional groups attached to an aromatic ring is 1. The number of nitrogens with two attached hydrogens (primary N) is 1. The van der Waals surface area contributed by atoms with Crippen molar-refractivity contribution in [3.05, 3.63) is 30.9 Å². The number of rotatable bonds is 2. The van der Waals surface area contributed by atoms with Crippen molar-refractivity contribution in [2.75, 3.05) is 5.73 Å². The lowest BCUT2D eigenvalue weighted by Gasteiger charge is -2.06. The van der Waals surface area contributed by atoms with Crippen LogP contribution in [0.2, 0.25) is 0 Å². The Bertz CT molecular complexity index is 507. The van der Waals surface area contributed by atoms with Crippen molar-refractivity contribution in [1.82, 2.24) is 14.5 Å². The zero-order valence-corrected chi connectivity index (χ0v) is 8.09. The van der Waals surface area contributed by atoms with Crippen LogP contribution in [0.3, 0.4) is 0 Å². The van der Waals surface area contributed by atoms with Gasteiger partial charge in [0.15, 0.2) is 0 Å². The third-order valence-corrected chi connectivity index (χ3v) is 2.09. The average molecular weight is 198 g/mol. The van der Waals surface area contributed by atoms with Crippen LogP contribution in [0.4, 0.5) is 5.82 Å². The quantitative estimate of drug-likeness (QED) is 0.737. The highest BCUT2D eigenvalue weighted by Crippen LogP contribution is 2.22.